The second-order valence-electron chi connectivity index (χ2n) is 5.73. The second kappa shape index (κ2) is 7.15. The van der Waals surface area contributed by atoms with Crippen molar-refractivity contribution >= 4 is 22.4 Å². The maximum atomic E-state index is 6.22. The van der Waals surface area contributed by atoms with Crippen LogP contribution in [0.1, 0.15) is 32.1 Å². The Morgan fingerprint density at radius 3 is 2.62 bits per heavy atom. The Balaban J connectivity index is 1.45. The van der Waals surface area contributed by atoms with E-state index in [0.29, 0.717) is 0 Å². The lowest BCUT2D eigenvalue weighted by molar-refractivity contribution is 0.308. The molecule has 0 unspecified atom stereocenters. The Morgan fingerprint density at radius 2 is 1.81 bits per heavy atom. The standard InChI is InChI=1S/C18H22ClNO/c19-17-10-11-18(16-7-3-2-6-15(16)17)21-13-5-1-4-12-20-14-8-9-14/h2-3,6-7,10-11,14,20H,1,4-5,8-9,12-13H2. The van der Waals surface area contributed by atoms with Crippen molar-refractivity contribution in [2.24, 2.45) is 0 Å². The Bertz CT molecular complexity index is 595. The number of nitrogens with one attached hydrogen (secondary N) is 1. The maximum Gasteiger partial charge on any atom is 0.127 e. The van der Waals surface area contributed by atoms with Crippen LogP contribution in [0.4, 0.5) is 0 Å². The summed E-state index contributed by atoms with van der Waals surface area (Å²) in [6.45, 7) is 1.92. The summed E-state index contributed by atoms with van der Waals surface area (Å²) in [7, 11) is 0. The first kappa shape index (κ1) is 14.7. The van der Waals surface area contributed by atoms with Crippen LogP contribution in [0.2, 0.25) is 5.02 Å². The molecule has 1 aliphatic carbocycles. The molecule has 1 aliphatic rings. The highest BCUT2D eigenvalue weighted by Gasteiger charge is 2.19. The largest absolute Gasteiger partial charge is 0.493 e. The van der Waals surface area contributed by atoms with Gasteiger partial charge in [0.15, 0.2) is 0 Å². The topological polar surface area (TPSA) is 21.3 Å². The van der Waals surface area contributed by atoms with Gasteiger partial charge in [-0.3, -0.25) is 0 Å². The molecule has 0 amide bonds. The molecule has 112 valence electrons. The SMILES string of the molecule is Clc1ccc(OCCCCCNC2CC2)c2ccccc12. The first-order valence-corrected chi connectivity index (χ1v) is 8.26. The molecule has 2 aromatic rings. The molecule has 0 bridgehead atoms. The molecule has 1 fully saturated rings. The lowest BCUT2D eigenvalue weighted by Crippen LogP contribution is -2.17. The molecule has 0 aromatic heterocycles. The van der Waals surface area contributed by atoms with Gasteiger partial charge in [-0.1, -0.05) is 35.9 Å². The van der Waals surface area contributed by atoms with Gasteiger partial charge in [0, 0.05) is 21.8 Å². The van der Waals surface area contributed by atoms with E-state index in [4.69, 9.17) is 16.3 Å². The maximum absolute atomic E-state index is 6.22. The number of hydrogen-bond donors (Lipinski definition) is 1. The number of fused-ring (bicyclic) bond motifs is 1. The van der Waals surface area contributed by atoms with Crippen molar-refractivity contribution in [3.8, 4) is 5.75 Å². The Kier molecular flexibility index (Phi) is 5.00. The smallest absolute Gasteiger partial charge is 0.127 e. The normalized spacial score (nSPS) is 14.5. The first-order chi connectivity index (χ1) is 10.3. The van der Waals surface area contributed by atoms with Crippen LogP contribution in [0.15, 0.2) is 36.4 Å². The molecule has 0 radical (unpaired) electrons. The third kappa shape index (κ3) is 4.12. The Morgan fingerprint density at radius 1 is 1.00 bits per heavy atom. The molecule has 3 rings (SSSR count). The summed E-state index contributed by atoms with van der Waals surface area (Å²) in [6, 6.07) is 12.8. The van der Waals surface area contributed by atoms with Crippen molar-refractivity contribution in [3.05, 3.63) is 41.4 Å². The lowest BCUT2D eigenvalue weighted by atomic mass is 10.1. The predicted molar refractivity (Wildman–Crippen MR) is 89.3 cm³/mol. The van der Waals surface area contributed by atoms with Gasteiger partial charge in [-0.25, -0.2) is 0 Å². The zero-order chi connectivity index (χ0) is 14.5. The number of halogens is 1. The fraction of sp³-hybridized carbons (Fsp3) is 0.444. The predicted octanol–water partition coefficient (Wildman–Crippen LogP) is 4.79. The molecule has 0 heterocycles. The molecule has 3 heteroatoms. The number of ether oxygens (including phenoxy) is 1. The molecular formula is C18H22ClNO. The molecule has 0 aliphatic heterocycles. The van der Waals surface area contributed by atoms with Crippen molar-refractivity contribution in [2.45, 2.75) is 38.1 Å². The number of unbranched alkanes of at least 4 members (excludes halogenated alkanes) is 2. The third-order valence-electron chi connectivity index (χ3n) is 3.92. The fourth-order valence-corrected chi connectivity index (χ4v) is 2.77. The molecule has 21 heavy (non-hydrogen) atoms. The highest BCUT2D eigenvalue weighted by atomic mass is 35.5. The van der Waals surface area contributed by atoms with Crippen molar-refractivity contribution in [2.75, 3.05) is 13.2 Å². The summed E-state index contributed by atoms with van der Waals surface area (Å²) in [6.07, 6.45) is 6.29. The minimum atomic E-state index is 0.773. The average Bonchev–Trinajstić information content (AvgIpc) is 3.33. The fourth-order valence-electron chi connectivity index (χ4n) is 2.54. The third-order valence-corrected chi connectivity index (χ3v) is 4.25. The highest BCUT2D eigenvalue weighted by Crippen LogP contribution is 2.31. The van der Waals surface area contributed by atoms with Crippen molar-refractivity contribution in [3.63, 3.8) is 0 Å². The van der Waals surface area contributed by atoms with E-state index in [1.54, 1.807) is 0 Å². The van der Waals surface area contributed by atoms with Gasteiger partial charge >= 0.3 is 0 Å². The van der Waals surface area contributed by atoms with Crippen LogP contribution in [0.3, 0.4) is 0 Å². The first-order valence-electron chi connectivity index (χ1n) is 7.88. The van der Waals surface area contributed by atoms with Crippen molar-refractivity contribution in [1.82, 2.24) is 5.32 Å². The van der Waals surface area contributed by atoms with E-state index in [1.165, 1.54) is 25.7 Å². The van der Waals surface area contributed by atoms with Crippen LogP contribution in [0.5, 0.6) is 5.75 Å². The molecular weight excluding hydrogens is 282 g/mol. The Hall–Kier alpha value is -1.25. The summed E-state index contributed by atoms with van der Waals surface area (Å²) < 4.78 is 5.94. The van der Waals surface area contributed by atoms with Gasteiger partial charge in [0.2, 0.25) is 0 Å². The highest BCUT2D eigenvalue weighted by molar-refractivity contribution is 6.35. The van der Waals surface area contributed by atoms with Crippen LogP contribution in [0, 0.1) is 0 Å². The zero-order valence-corrected chi connectivity index (χ0v) is 13.0. The van der Waals surface area contributed by atoms with Gasteiger partial charge in [0.25, 0.3) is 0 Å². The summed E-state index contributed by atoms with van der Waals surface area (Å²) in [5, 5.41) is 6.48. The lowest BCUT2D eigenvalue weighted by Gasteiger charge is -2.10. The second-order valence-corrected chi connectivity index (χ2v) is 6.14. The van der Waals surface area contributed by atoms with Crippen molar-refractivity contribution in [1.29, 1.82) is 0 Å². The zero-order valence-electron chi connectivity index (χ0n) is 12.3. The minimum Gasteiger partial charge on any atom is -0.493 e. The summed E-state index contributed by atoms with van der Waals surface area (Å²) >= 11 is 6.22. The van der Waals surface area contributed by atoms with E-state index in [2.05, 4.69) is 11.4 Å². The van der Waals surface area contributed by atoms with Gasteiger partial charge in [0.05, 0.1) is 6.61 Å². The van der Waals surface area contributed by atoms with Crippen LogP contribution in [-0.2, 0) is 0 Å². The average molecular weight is 304 g/mol. The van der Waals surface area contributed by atoms with Crippen LogP contribution < -0.4 is 10.1 Å². The quantitative estimate of drug-likeness (QED) is 0.708. The Labute approximate surface area is 131 Å². The van der Waals surface area contributed by atoms with Crippen LogP contribution in [-0.4, -0.2) is 19.2 Å². The number of hydrogen-bond acceptors (Lipinski definition) is 2. The minimum absolute atomic E-state index is 0.773. The van der Waals surface area contributed by atoms with E-state index >= 15 is 0 Å². The molecule has 1 saturated carbocycles. The number of benzene rings is 2. The van der Waals surface area contributed by atoms with E-state index in [1.807, 2.05) is 30.3 Å². The molecule has 2 aromatic carbocycles. The van der Waals surface area contributed by atoms with E-state index in [9.17, 15) is 0 Å². The molecule has 0 atom stereocenters. The van der Waals surface area contributed by atoms with Gasteiger partial charge in [0.1, 0.15) is 5.75 Å². The van der Waals surface area contributed by atoms with Gasteiger partial charge < -0.3 is 10.1 Å². The van der Waals surface area contributed by atoms with E-state index < -0.39 is 0 Å². The van der Waals surface area contributed by atoms with Crippen molar-refractivity contribution < 1.29 is 4.74 Å². The molecule has 1 N–H and O–H groups in total. The van der Waals surface area contributed by atoms with Gasteiger partial charge in [-0.15, -0.1) is 0 Å². The van der Waals surface area contributed by atoms with E-state index in [0.717, 1.165) is 47.2 Å². The number of rotatable bonds is 8. The molecule has 0 saturated heterocycles. The van der Waals surface area contributed by atoms with E-state index in [-0.39, 0.29) is 0 Å². The van der Waals surface area contributed by atoms with Crippen LogP contribution >= 0.6 is 11.6 Å². The monoisotopic (exact) mass is 303 g/mol. The summed E-state index contributed by atoms with van der Waals surface area (Å²) in [4.78, 5) is 0. The molecule has 0 spiro atoms. The van der Waals surface area contributed by atoms with Gasteiger partial charge in [-0.2, -0.15) is 0 Å². The van der Waals surface area contributed by atoms with Gasteiger partial charge in [-0.05, 0) is 50.8 Å². The molecule has 2 nitrogen and oxygen atoms in total. The summed E-state index contributed by atoms with van der Waals surface area (Å²) in [5.41, 5.74) is 0. The summed E-state index contributed by atoms with van der Waals surface area (Å²) in [5.74, 6) is 0.936. The van der Waals surface area contributed by atoms with Crippen LogP contribution in [0.25, 0.3) is 10.8 Å².